The van der Waals surface area contributed by atoms with E-state index in [9.17, 15) is 18.4 Å². The minimum absolute atomic E-state index is 0.0194. The first kappa shape index (κ1) is 21.1. The molecule has 6 nitrogen and oxygen atoms in total. The standard InChI is InChI=1S/C21H16F2N2O4S/c1-28-19(27)17-12-24-21(30-17)25-18(26)16(14-5-3-2-4-6-14)11-13-7-9-15(10-8-13)29-20(22)23/h2-12,20H,1H3,(H,24,25,26)/b16-11+. The SMILES string of the molecule is COC(=O)c1cnc(NC(=O)/C(=C/c2ccc(OC(F)F)cc2)c2ccccc2)s1. The van der Waals surface area contributed by atoms with E-state index in [2.05, 4.69) is 19.8 Å². The first-order valence-corrected chi connectivity index (χ1v) is 9.45. The first-order chi connectivity index (χ1) is 14.5. The molecule has 0 saturated carbocycles. The fraction of sp³-hybridized carbons (Fsp3) is 0.0952. The number of halogens is 2. The van der Waals surface area contributed by atoms with Gasteiger partial charge in [-0.2, -0.15) is 8.78 Å². The van der Waals surface area contributed by atoms with Crippen LogP contribution in [0.15, 0.2) is 60.8 Å². The molecule has 3 rings (SSSR count). The maximum Gasteiger partial charge on any atom is 0.387 e. The van der Waals surface area contributed by atoms with Gasteiger partial charge in [-0.1, -0.05) is 53.8 Å². The van der Waals surface area contributed by atoms with Crippen LogP contribution in [-0.2, 0) is 9.53 Å². The molecule has 1 aromatic heterocycles. The van der Waals surface area contributed by atoms with Crippen LogP contribution in [0.5, 0.6) is 5.75 Å². The van der Waals surface area contributed by atoms with Crippen LogP contribution in [0.2, 0.25) is 0 Å². The number of hydrogen-bond acceptors (Lipinski definition) is 6. The lowest BCUT2D eigenvalue weighted by Gasteiger charge is -2.09. The topological polar surface area (TPSA) is 77.5 Å². The molecule has 0 aliphatic heterocycles. The highest BCUT2D eigenvalue weighted by atomic mass is 32.1. The molecule has 1 heterocycles. The lowest BCUT2D eigenvalue weighted by atomic mass is 10.0. The Morgan fingerprint density at radius 3 is 2.43 bits per heavy atom. The van der Waals surface area contributed by atoms with E-state index >= 15 is 0 Å². The summed E-state index contributed by atoms with van der Waals surface area (Å²) in [6.45, 7) is -2.91. The normalized spacial score (nSPS) is 11.3. The van der Waals surface area contributed by atoms with Gasteiger partial charge < -0.3 is 9.47 Å². The van der Waals surface area contributed by atoms with Gasteiger partial charge in [-0.05, 0) is 29.3 Å². The zero-order chi connectivity index (χ0) is 21.5. The second-order valence-corrected chi connectivity index (χ2v) is 6.88. The summed E-state index contributed by atoms with van der Waals surface area (Å²) in [5.74, 6) is -0.969. The molecule has 30 heavy (non-hydrogen) atoms. The highest BCUT2D eigenvalue weighted by Gasteiger charge is 2.16. The maximum absolute atomic E-state index is 12.9. The van der Waals surface area contributed by atoms with Crippen LogP contribution in [0.4, 0.5) is 13.9 Å². The van der Waals surface area contributed by atoms with Crippen molar-refractivity contribution in [1.82, 2.24) is 4.98 Å². The van der Waals surface area contributed by atoms with Gasteiger partial charge in [0.15, 0.2) is 5.13 Å². The Hall–Kier alpha value is -3.59. The van der Waals surface area contributed by atoms with Gasteiger partial charge in [-0.25, -0.2) is 9.78 Å². The molecule has 0 aliphatic carbocycles. The number of alkyl halides is 2. The molecular formula is C21H16F2N2O4S. The van der Waals surface area contributed by atoms with Gasteiger partial charge >= 0.3 is 12.6 Å². The molecule has 0 fully saturated rings. The van der Waals surface area contributed by atoms with E-state index in [0.717, 1.165) is 11.3 Å². The average Bonchev–Trinajstić information content (AvgIpc) is 3.21. The Bertz CT molecular complexity index is 1050. The number of rotatable bonds is 7. The smallest absolute Gasteiger partial charge is 0.387 e. The molecular weight excluding hydrogens is 414 g/mol. The number of carbonyl (C=O) groups is 2. The highest BCUT2D eigenvalue weighted by Crippen LogP contribution is 2.24. The monoisotopic (exact) mass is 430 g/mol. The maximum atomic E-state index is 12.9. The number of anilines is 1. The number of nitrogens with zero attached hydrogens (tertiary/aromatic N) is 1. The summed E-state index contributed by atoms with van der Waals surface area (Å²) in [7, 11) is 1.26. The quantitative estimate of drug-likeness (QED) is 0.334. The average molecular weight is 430 g/mol. The van der Waals surface area contributed by atoms with Gasteiger partial charge in [0.1, 0.15) is 10.6 Å². The number of amides is 1. The third-order valence-electron chi connectivity index (χ3n) is 3.86. The molecule has 1 amide bonds. The summed E-state index contributed by atoms with van der Waals surface area (Å²) in [5, 5.41) is 2.90. The lowest BCUT2D eigenvalue weighted by Crippen LogP contribution is -2.13. The zero-order valence-corrected chi connectivity index (χ0v) is 16.5. The molecule has 2 aromatic carbocycles. The van der Waals surface area contributed by atoms with E-state index in [0.29, 0.717) is 16.7 Å². The second-order valence-electron chi connectivity index (χ2n) is 5.85. The lowest BCUT2D eigenvalue weighted by molar-refractivity contribution is -0.111. The molecule has 0 radical (unpaired) electrons. The van der Waals surface area contributed by atoms with Crippen LogP contribution in [0.25, 0.3) is 11.6 Å². The van der Waals surface area contributed by atoms with E-state index in [-0.39, 0.29) is 15.8 Å². The molecule has 0 bridgehead atoms. The van der Waals surface area contributed by atoms with Crippen LogP contribution in [0.1, 0.15) is 20.8 Å². The molecule has 0 unspecified atom stereocenters. The predicted octanol–water partition coefficient (Wildman–Crippen LogP) is 4.71. The van der Waals surface area contributed by atoms with Crippen molar-refractivity contribution in [3.63, 3.8) is 0 Å². The number of thiazole rings is 1. The fourth-order valence-corrected chi connectivity index (χ4v) is 3.23. The van der Waals surface area contributed by atoms with Gasteiger partial charge in [-0.3, -0.25) is 10.1 Å². The van der Waals surface area contributed by atoms with Crippen LogP contribution in [0, 0.1) is 0 Å². The summed E-state index contributed by atoms with van der Waals surface area (Å²) in [6, 6.07) is 14.8. The van der Waals surface area contributed by atoms with Crippen LogP contribution in [0.3, 0.4) is 0 Å². The number of aromatic nitrogens is 1. The van der Waals surface area contributed by atoms with E-state index in [1.807, 2.05) is 6.07 Å². The number of methoxy groups -OCH3 is 1. The van der Waals surface area contributed by atoms with Crippen LogP contribution in [-0.4, -0.2) is 30.6 Å². The number of nitrogens with one attached hydrogen (secondary N) is 1. The Balaban J connectivity index is 1.87. The molecule has 0 saturated heterocycles. The number of benzene rings is 2. The predicted molar refractivity (Wildman–Crippen MR) is 109 cm³/mol. The van der Waals surface area contributed by atoms with Crippen LogP contribution < -0.4 is 10.1 Å². The molecule has 1 N–H and O–H groups in total. The number of ether oxygens (including phenoxy) is 2. The van der Waals surface area contributed by atoms with E-state index in [1.54, 1.807) is 42.5 Å². The third-order valence-corrected chi connectivity index (χ3v) is 4.75. The molecule has 3 aromatic rings. The number of hydrogen-bond donors (Lipinski definition) is 1. The van der Waals surface area contributed by atoms with Crippen molar-refractivity contribution in [3.05, 3.63) is 76.8 Å². The van der Waals surface area contributed by atoms with Gasteiger partial charge in [0.05, 0.1) is 13.3 Å². The molecule has 0 aliphatic rings. The van der Waals surface area contributed by atoms with Crippen molar-refractivity contribution in [2.24, 2.45) is 0 Å². The van der Waals surface area contributed by atoms with Gasteiger partial charge in [0.25, 0.3) is 5.91 Å². The largest absolute Gasteiger partial charge is 0.465 e. The van der Waals surface area contributed by atoms with Crippen molar-refractivity contribution in [2.75, 3.05) is 12.4 Å². The van der Waals surface area contributed by atoms with Gasteiger partial charge in [0, 0.05) is 5.57 Å². The Morgan fingerprint density at radius 2 is 1.80 bits per heavy atom. The molecule has 154 valence electrons. The minimum atomic E-state index is -2.91. The fourth-order valence-electron chi connectivity index (χ4n) is 2.50. The summed E-state index contributed by atoms with van der Waals surface area (Å²) in [5.41, 5.74) is 1.58. The minimum Gasteiger partial charge on any atom is -0.465 e. The first-order valence-electron chi connectivity index (χ1n) is 8.64. The van der Waals surface area contributed by atoms with Crippen molar-refractivity contribution < 1.29 is 27.8 Å². The van der Waals surface area contributed by atoms with E-state index < -0.39 is 18.5 Å². The van der Waals surface area contributed by atoms with Crippen molar-refractivity contribution in [1.29, 1.82) is 0 Å². The van der Waals surface area contributed by atoms with E-state index in [4.69, 9.17) is 0 Å². The van der Waals surface area contributed by atoms with Gasteiger partial charge in [-0.15, -0.1) is 0 Å². The molecule has 0 spiro atoms. The van der Waals surface area contributed by atoms with Crippen molar-refractivity contribution in [3.8, 4) is 5.75 Å². The van der Waals surface area contributed by atoms with Crippen molar-refractivity contribution >= 4 is 40.0 Å². The summed E-state index contributed by atoms with van der Waals surface area (Å²) < 4.78 is 33.6. The Kier molecular flexibility index (Phi) is 6.87. The van der Waals surface area contributed by atoms with Gasteiger partial charge in [0.2, 0.25) is 0 Å². The third kappa shape index (κ3) is 5.48. The summed E-state index contributed by atoms with van der Waals surface area (Å²) in [6.07, 6.45) is 2.94. The second kappa shape index (κ2) is 9.75. The highest BCUT2D eigenvalue weighted by molar-refractivity contribution is 7.17. The molecule has 0 atom stereocenters. The number of esters is 1. The molecule has 9 heteroatoms. The van der Waals surface area contributed by atoms with Crippen LogP contribution >= 0.6 is 11.3 Å². The van der Waals surface area contributed by atoms with Crippen molar-refractivity contribution in [2.45, 2.75) is 6.61 Å². The summed E-state index contributed by atoms with van der Waals surface area (Å²) >= 11 is 0.988. The Morgan fingerprint density at radius 1 is 1.10 bits per heavy atom. The number of carbonyl (C=O) groups excluding carboxylic acids is 2. The zero-order valence-electron chi connectivity index (χ0n) is 15.7. The Labute approximate surface area is 174 Å². The van der Waals surface area contributed by atoms with E-state index in [1.165, 1.54) is 25.4 Å². The summed E-state index contributed by atoms with van der Waals surface area (Å²) in [4.78, 5) is 28.8.